The van der Waals surface area contributed by atoms with Gasteiger partial charge in [-0.2, -0.15) is 5.26 Å². The predicted molar refractivity (Wildman–Crippen MR) is 55.7 cm³/mol. The topological polar surface area (TPSA) is 56.1 Å². The number of carbonyl (C=O) groups excluding carboxylic acids is 1. The first-order valence-electron chi connectivity index (χ1n) is 4.69. The standard InChI is InChI=1S/C10H19N3O/c1-8(6-11)7-13(5)9(14)12-10(2,3)4/h8H,7H2,1-5H3,(H,12,14). The lowest BCUT2D eigenvalue weighted by molar-refractivity contribution is 0.196. The summed E-state index contributed by atoms with van der Waals surface area (Å²) in [6.07, 6.45) is 0. The number of urea groups is 1. The molecule has 80 valence electrons. The van der Waals surface area contributed by atoms with Crippen LogP contribution in [0, 0.1) is 17.2 Å². The molecule has 1 unspecified atom stereocenters. The highest BCUT2D eigenvalue weighted by atomic mass is 16.2. The number of nitrogens with zero attached hydrogens (tertiary/aromatic N) is 2. The van der Waals surface area contributed by atoms with Crippen LogP contribution in [-0.4, -0.2) is 30.1 Å². The molecule has 0 rings (SSSR count). The zero-order valence-electron chi connectivity index (χ0n) is 9.59. The summed E-state index contributed by atoms with van der Waals surface area (Å²) in [5.41, 5.74) is -0.235. The smallest absolute Gasteiger partial charge is 0.317 e. The van der Waals surface area contributed by atoms with E-state index in [2.05, 4.69) is 11.4 Å². The van der Waals surface area contributed by atoms with Gasteiger partial charge in [0.15, 0.2) is 0 Å². The third-order valence-electron chi connectivity index (χ3n) is 1.60. The van der Waals surface area contributed by atoms with Crippen molar-refractivity contribution < 1.29 is 4.79 Å². The number of nitrogens with one attached hydrogen (secondary N) is 1. The molecule has 0 aliphatic rings. The number of hydrogen-bond acceptors (Lipinski definition) is 2. The van der Waals surface area contributed by atoms with Crippen LogP contribution in [0.3, 0.4) is 0 Å². The van der Waals surface area contributed by atoms with Crippen LogP contribution in [0.2, 0.25) is 0 Å². The Kier molecular flexibility index (Phi) is 4.42. The number of nitriles is 1. The van der Waals surface area contributed by atoms with Crippen molar-refractivity contribution in [2.45, 2.75) is 33.2 Å². The molecule has 0 aromatic rings. The van der Waals surface area contributed by atoms with Crippen LogP contribution < -0.4 is 5.32 Å². The van der Waals surface area contributed by atoms with Gasteiger partial charge in [0.25, 0.3) is 0 Å². The molecule has 0 saturated carbocycles. The normalized spacial score (nSPS) is 12.9. The molecule has 0 radical (unpaired) electrons. The Balaban J connectivity index is 4.08. The first-order valence-corrected chi connectivity index (χ1v) is 4.69. The van der Waals surface area contributed by atoms with E-state index in [1.54, 1.807) is 14.0 Å². The summed E-state index contributed by atoms with van der Waals surface area (Å²) < 4.78 is 0. The molecule has 0 aliphatic carbocycles. The second kappa shape index (κ2) is 4.85. The maximum Gasteiger partial charge on any atom is 0.317 e. The van der Waals surface area contributed by atoms with Gasteiger partial charge in [-0.3, -0.25) is 0 Å². The lowest BCUT2D eigenvalue weighted by Crippen LogP contribution is -2.48. The number of rotatable bonds is 2. The average molecular weight is 197 g/mol. The Hall–Kier alpha value is -1.24. The average Bonchev–Trinajstić information content (AvgIpc) is 2.00. The molecular weight excluding hydrogens is 178 g/mol. The van der Waals surface area contributed by atoms with Crippen LogP contribution in [-0.2, 0) is 0 Å². The zero-order valence-corrected chi connectivity index (χ0v) is 9.59. The maximum absolute atomic E-state index is 11.5. The van der Waals surface area contributed by atoms with Crippen molar-refractivity contribution in [2.75, 3.05) is 13.6 Å². The molecule has 0 fully saturated rings. The molecule has 4 heteroatoms. The minimum absolute atomic E-state index is 0.134. The molecule has 0 aromatic carbocycles. The van der Waals surface area contributed by atoms with E-state index in [1.165, 1.54) is 4.90 Å². The summed E-state index contributed by atoms with van der Waals surface area (Å²) in [7, 11) is 1.69. The minimum Gasteiger partial charge on any atom is -0.333 e. The van der Waals surface area contributed by atoms with E-state index < -0.39 is 0 Å². The summed E-state index contributed by atoms with van der Waals surface area (Å²) in [5, 5.41) is 11.4. The molecule has 14 heavy (non-hydrogen) atoms. The molecule has 0 heterocycles. The highest BCUT2D eigenvalue weighted by Gasteiger charge is 2.17. The van der Waals surface area contributed by atoms with Crippen molar-refractivity contribution >= 4 is 6.03 Å². The van der Waals surface area contributed by atoms with E-state index in [9.17, 15) is 4.79 Å². The molecule has 0 aliphatic heterocycles. The lowest BCUT2D eigenvalue weighted by atomic mass is 10.1. The van der Waals surface area contributed by atoms with Crippen LogP contribution in [0.5, 0.6) is 0 Å². The minimum atomic E-state index is -0.235. The number of carbonyl (C=O) groups is 1. The van der Waals surface area contributed by atoms with Crippen LogP contribution in [0.1, 0.15) is 27.7 Å². The molecule has 0 bridgehead atoms. The molecular formula is C10H19N3O. The predicted octanol–water partition coefficient (Wildman–Crippen LogP) is 1.59. The van der Waals surface area contributed by atoms with Crippen LogP contribution >= 0.6 is 0 Å². The molecule has 2 amide bonds. The van der Waals surface area contributed by atoms with Gasteiger partial charge in [0.2, 0.25) is 0 Å². The van der Waals surface area contributed by atoms with Gasteiger partial charge in [-0.1, -0.05) is 0 Å². The molecule has 0 aromatic heterocycles. The van der Waals surface area contributed by atoms with Gasteiger partial charge >= 0.3 is 6.03 Å². The third-order valence-corrected chi connectivity index (χ3v) is 1.60. The Bertz CT molecular complexity index is 237. The van der Waals surface area contributed by atoms with Crippen molar-refractivity contribution in [3.8, 4) is 6.07 Å². The second-order valence-corrected chi connectivity index (χ2v) is 4.59. The molecule has 0 saturated heterocycles. The van der Waals surface area contributed by atoms with Crippen LogP contribution in [0.4, 0.5) is 4.79 Å². The van der Waals surface area contributed by atoms with E-state index in [0.717, 1.165) is 0 Å². The SMILES string of the molecule is CC(C#N)CN(C)C(=O)NC(C)(C)C. The first-order chi connectivity index (χ1) is 6.26. The summed E-state index contributed by atoms with van der Waals surface area (Å²) in [5.74, 6) is -0.134. The Labute approximate surface area is 85.9 Å². The summed E-state index contributed by atoms with van der Waals surface area (Å²) in [4.78, 5) is 13.0. The second-order valence-electron chi connectivity index (χ2n) is 4.59. The Morgan fingerprint density at radius 1 is 1.57 bits per heavy atom. The van der Waals surface area contributed by atoms with Gasteiger partial charge in [0.05, 0.1) is 12.0 Å². The quantitative estimate of drug-likeness (QED) is 0.730. The number of amides is 2. The number of hydrogen-bond donors (Lipinski definition) is 1. The fourth-order valence-electron chi connectivity index (χ4n) is 0.951. The van der Waals surface area contributed by atoms with Gasteiger partial charge < -0.3 is 10.2 Å². The molecule has 0 spiro atoms. The van der Waals surface area contributed by atoms with E-state index in [0.29, 0.717) is 6.54 Å². The molecule has 1 atom stereocenters. The van der Waals surface area contributed by atoms with Crippen LogP contribution in [0.25, 0.3) is 0 Å². The third kappa shape index (κ3) is 5.41. The molecule has 4 nitrogen and oxygen atoms in total. The van der Waals surface area contributed by atoms with Gasteiger partial charge in [0, 0.05) is 19.1 Å². The van der Waals surface area contributed by atoms with E-state index >= 15 is 0 Å². The van der Waals surface area contributed by atoms with E-state index in [-0.39, 0.29) is 17.5 Å². The van der Waals surface area contributed by atoms with Crippen molar-refractivity contribution in [2.24, 2.45) is 5.92 Å². The highest BCUT2D eigenvalue weighted by molar-refractivity contribution is 5.74. The maximum atomic E-state index is 11.5. The van der Waals surface area contributed by atoms with Gasteiger partial charge in [-0.25, -0.2) is 4.79 Å². The first kappa shape index (κ1) is 12.8. The Morgan fingerprint density at radius 2 is 2.07 bits per heavy atom. The van der Waals surface area contributed by atoms with Gasteiger partial charge in [-0.05, 0) is 27.7 Å². The van der Waals surface area contributed by atoms with E-state index in [4.69, 9.17) is 5.26 Å². The summed E-state index contributed by atoms with van der Waals surface area (Å²) in [6, 6.07) is 1.95. The fraction of sp³-hybridized carbons (Fsp3) is 0.800. The Morgan fingerprint density at radius 3 is 2.43 bits per heavy atom. The summed E-state index contributed by atoms with van der Waals surface area (Å²) >= 11 is 0. The van der Waals surface area contributed by atoms with Crippen molar-refractivity contribution in [1.29, 1.82) is 5.26 Å². The molecule has 1 N–H and O–H groups in total. The van der Waals surface area contributed by atoms with Crippen molar-refractivity contribution in [3.05, 3.63) is 0 Å². The van der Waals surface area contributed by atoms with Crippen molar-refractivity contribution in [3.63, 3.8) is 0 Å². The highest BCUT2D eigenvalue weighted by Crippen LogP contribution is 2.02. The van der Waals surface area contributed by atoms with E-state index in [1.807, 2.05) is 20.8 Å². The monoisotopic (exact) mass is 197 g/mol. The largest absolute Gasteiger partial charge is 0.333 e. The van der Waals surface area contributed by atoms with Crippen LogP contribution in [0.15, 0.2) is 0 Å². The fourth-order valence-corrected chi connectivity index (χ4v) is 0.951. The van der Waals surface area contributed by atoms with Gasteiger partial charge in [0.1, 0.15) is 0 Å². The summed E-state index contributed by atoms with van der Waals surface area (Å²) in [6.45, 7) is 8.02. The van der Waals surface area contributed by atoms with Gasteiger partial charge in [-0.15, -0.1) is 0 Å². The zero-order chi connectivity index (χ0) is 11.4. The lowest BCUT2D eigenvalue weighted by Gasteiger charge is -2.26. The van der Waals surface area contributed by atoms with Crippen molar-refractivity contribution in [1.82, 2.24) is 10.2 Å².